The Hall–Kier alpha value is -5.10. The van der Waals surface area contributed by atoms with Crippen LogP contribution < -0.4 is 36.5 Å². The molecule has 0 fully saturated rings. The fraction of sp³-hybridized carbons (Fsp3) is 0.474. The summed E-state index contributed by atoms with van der Waals surface area (Å²) in [6.45, 7) is 12.4. The van der Waals surface area contributed by atoms with Gasteiger partial charge in [0.05, 0.1) is 18.0 Å². The third-order valence-corrected chi connectivity index (χ3v) is 11.3. The average Bonchev–Trinajstić information content (AvgIpc) is 3.67. The van der Waals surface area contributed by atoms with E-state index in [9.17, 15) is 32.0 Å². The minimum Gasteiger partial charge on any atom is -0.496 e. The normalized spacial score (nSPS) is 13.4. The van der Waals surface area contributed by atoms with E-state index < -0.39 is 63.5 Å². The Morgan fingerprint density at radius 3 is 2.23 bits per heavy atom. The average molecular weight is 817 g/mol. The summed E-state index contributed by atoms with van der Waals surface area (Å²) in [5.74, 6) is -2.26. The summed E-state index contributed by atoms with van der Waals surface area (Å²) in [6.07, 6.45) is 2.05. The third kappa shape index (κ3) is 13.0. The number of aromatic nitrogens is 1. The Labute approximate surface area is 331 Å². The van der Waals surface area contributed by atoms with Crippen LogP contribution in [0.1, 0.15) is 79.0 Å². The van der Waals surface area contributed by atoms with Gasteiger partial charge in [-0.3, -0.25) is 19.4 Å². The molecular weight excluding hydrogens is 764 g/mol. The molecule has 0 unspecified atom stereocenters. The van der Waals surface area contributed by atoms with Gasteiger partial charge >= 0.3 is 6.03 Å². The van der Waals surface area contributed by atoms with Crippen LogP contribution in [0.25, 0.3) is 0 Å². The first-order valence-electron chi connectivity index (χ1n) is 18.1. The Kier molecular flexibility index (Phi) is 16.8. The summed E-state index contributed by atoms with van der Waals surface area (Å²) in [7, 11) is -2.59. The van der Waals surface area contributed by atoms with Crippen LogP contribution in [0, 0.1) is 38.4 Å². The van der Waals surface area contributed by atoms with Crippen LogP contribution in [-0.2, 0) is 26.2 Å². The first-order valence-corrected chi connectivity index (χ1v) is 20.5. The van der Waals surface area contributed by atoms with Gasteiger partial charge in [0.2, 0.25) is 23.6 Å². The number of guanidine groups is 1. The third-order valence-electron chi connectivity index (χ3n) is 8.86. The quantitative estimate of drug-likeness (QED) is 0.0445. The second-order valence-electron chi connectivity index (χ2n) is 14.1. The Balaban J connectivity index is 1.69. The lowest BCUT2D eigenvalue weighted by Gasteiger charge is -2.27. The van der Waals surface area contributed by atoms with Gasteiger partial charge in [0, 0.05) is 24.7 Å². The van der Waals surface area contributed by atoms with E-state index in [1.807, 2.05) is 13.8 Å². The molecule has 0 saturated heterocycles. The lowest BCUT2D eigenvalue weighted by molar-refractivity contribution is -0.131. The second-order valence-corrected chi connectivity index (χ2v) is 16.6. The van der Waals surface area contributed by atoms with Crippen molar-refractivity contribution in [3.63, 3.8) is 0 Å². The molecule has 0 spiro atoms. The monoisotopic (exact) mass is 816 g/mol. The molecule has 0 saturated carbocycles. The smallest absolute Gasteiger partial charge is 0.315 e. The summed E-state index contributed by atoms with van der Waals surface area (Å²) in [5, 5.41) is 12.6. The number of nitrogens with two attached hydrogens (primary N) is 1. The van der Waals surface area contributed by atoms with Crippen LogP contribution in [0.3, 0.4) is 0 Å². The highest BCUT2D eigenvalue weighted by Gasteiger charge is 2.32. The molecule has 306 valence electrons. The van der Waals surface area contributed by atoms with E-state index >= 15 is 0 Å². The standard InChI is InChI=1S/C38H53FN8O7S2/c1-21(2)18-29(45-38(51)43-20-26-11-13-27(39)14-12-26)34(49)46-31(22(3)4)35(50)44-28(32(48)36-41-16-17-55-36)10-9-15-42-37(40)47-56(52,53)33-23(5)19-30(54-8)24(6)25(33)7/h11-14,16-17,19,21-22,28-29,31H,9-10,15,18,20H2,1-8H3,(H,44,50)(H,46,49)(H3,40,42,47)(H2,43,45,51)/t28-,29-,31-/m0/s1. The SMILES string of the molecule is COc1cc(C)c(S(=O)(=O)NC(N)=NCCC[C@H](NC(=O)[C@@H](NC(=O)[C@H](CC(C)C)NC(=O)NCc2ccc(F)cc2)C(C)C)C(=O)c2nccs2)c(C)c1C. The van der Waals surface area contributed by atoms with E-state index in [2.05, 4.69) is 36.0 Å². The highest BCUT2D eigenvalue weighted by atomic mass is 32.2. The summed E-state index contributed by atoms with van der Waals surface area (Å²) < 4.78 is 47.5. The van der Waals surface area contributed by atoms with Crippen LogP contribution in [0.4, 0.5) is 9.18 Å². The van der Waals surface area contributed by atoms with Crippen molar-refractivity contribution in [1.29, 1.82) is 0 Å². The minimum atomic E-state index is -4.10. The van der Waals surface area contributed by atoms with Gasteiger partial charge in [0.1, 0.15) is 23.7 Å². The predicted molar refractivity (Wildman–Crippen MR) is 213 cm³/mol. The van der Waals surface area contributed by atoms with Crippen molar-refractivity contribution >= 4 is 50.9 Å². The minimum absolute atomic E-state index is 0.00153. The zero-order chi connectivity index (χ0) is 41.7. The first kappa shape index (κ1) is 45.3. The molecule has 4 amide bonds. The number of ether oxygens (including phenoxy) is 1. The van der Waals surface area contributed by atoms with Crippen LogP contribution in [0.15, 0.2) is 51.8 Å². The molecular formula is C38H53FN8O7S2. The number of hydrogen-bond acceptors (Lipinski definition) is 10. The molecule has 56 heavy (non-hydrogen) atoms. The highest BCUT2D eigenvalue weighted by Crippen LogP contribution is 2.30. The highest BCUT2D eigenvalue weighted by molar-refractivity contribution is 7.90. The van der Waals surface area contributed by atoms with E-state index in [0.717, 1.165) is 11.3 Å². The van der Waals surface area contributed by atoms with E-state index in [4.69, 9.17) is 10.5 Å². The van der Waals surface area contributed by atoms with Gasteiger partial charge in [-0.15, -0.1) is 11.3 Å². The van der Waals surface area contributed by atoms with E-state index in [1.165, 1.54) is 37.6 Å². The number of carbonyl (C=O) groups is 4. The number of halogens is 1. The molecule has 0 radical (unpaired) electrons. The molecule has 18 heteroatoms. The molecule has 1 heterocycles. The number of methoxy groups -OCH3 is 1. The fourth-order valence-corrected chi connectivity index (χ4v) is 7.98. The molecule has 7 N–H and O–H groups in total. The molecule has 2 aromatic carbocycles. The van der Waals surface area contributed by atoms with Crippen molar-refractivity contribution in [2.24, 2.45) is 22.6 Å². The van der Waals surface area contributed by atoms with Crippen molar-refractivity contribution in [3.05, 3.63) is 75.0 Å². The van der Waals surface area contributed by atoms with E-state index in [0.29, 0.717) is 28.0 Å². The van der Waals surface area contributed by atoms with Gasteiger partial charge in [-0.05, 0) is 92.3 Å². The first-order chi connectivity index (χ1) is 26.3. The van der Waals surface area contributed by atoms with E-state index in [-0.39, 0.29) is 54.1 Å². The van der Waals surface area contributed by atoms with Crippen molar-refractivity contribution in [3.8, 4) is 5.75 Å². The van der Waals surface area contributed by atoms with Gasteiger partial charge in [-0.25, -0.2) is 27.3 Å². The number of nitrogens with one attached hydrogen (secondary N) is 5. The summed E-state index contributed by atoms with van der Waals surface area (Å²) >= 11 is 1.11. The van der Waals surface area contributed by atoms with Gasteiger partial charge < -0.3 is 31.7 Å². The van der Waals surface area contributed by atoms with Gasteiger partial charge in [0.15, 0.2) is 5.01 Å². The fourth-order valence-electron chi connectivity index (χ4n) is 5.87. The molecule has 3 rings (SSSR count). The van der Waals surface area contributed by atoms with Crippen LogP contribution in [0.2, 0.25) is 0 Å². The number of Topliss-reactive ketones (excluding diaryl/α,β-unsaturated/α-hetero) is 1. The largest absolute Gasteiger partial charge is 0.496 e. The number of amides is 4. The maximum absolute atomic E-state index is 13.8. The van der Waals surface area contributed by atoms with Crippen molar-refractivity contribution in [2.45, 2.75) is 97.3 Å². The summed E-state index contributed by atoms with van der Waals surface area (Å²) in [5.41, 5.74) is 8.29. The maximum Gasteiger partial charge on any atom is 0.315 e. The summed E-state index contributed by atoms with van der Waals surface area (Å²) in [6, 6.07) is 3.50. The number of benzene rings is 2. The molecule has 15 nitrogen and oxygen atoms in total. The number of aliphatic imine (C=N–C) groups is 1. The van der Waals surface area contributed by atoms with Crippen molar-refractivity contribution in [1.82, 2.24) is 31.0 Å². The van der Waals surface area contributed by atoms with Crippen molar-refractivity contribution < 1.29 is 36.7 Å². The van der Waals surface area contributed by atoms with Gasteiger partial charge in [-0.1, -0.05) is 39.8 Å². The van der Waals surface area contributed by atoms with Gasteiger partial charge in [0.25, 0.3) is 10.0 Å². The molecule has 0 bridgehead atoms. The number of nitrogens with zero attached hydrogens (tertiary/aromatic N) is 2. The molecule has 3 atom stereocenters. The zero-order valence-electron chi connectivity index (χ0n) is 33.0. The lowest BCUT2D eigenvalue weighted by atomic mass is 9.99. The zero-order valence-corrected chi connectivity index (χ0v) is 34.6. The second kappa shape index (κ2) is 20.7. The van der Waals surface area contributed by atoms with Crippen LogP contribution in [0.5, 0.6) is 5.75 Å². The number of thiazole rings is 1. The van der Waals surface area contributed by atoms with Crippen LogP contribution in [-0.4, -0.2) is 74.8 Å². The van der Waals surface area contributed by atoms with Crippen molar-refractivity contribution in [2.75, 3.05) is 13.7 Å². The Morgan fingerprint density at radius 2 is 1.64 bits per heavy atom. The number of sulfonamides is 1. The molecule has 3 aromatic rings. The topological polar surface area (TPSA) is 223 Å². The summed E-state index contributed by atoms with van der Waals surface area (Å²) in [4.78, 5) is 61.9. The Morgan fingerprint density at radius 1 is 0.964 bits per heavy atom. The molecule has 1 aromatic heterocycles. The molecule has 0 aliphatic carbocycles. The molecule has 0 aliphatic rings. The number of carbonyl (C=O) groups excluding carboxylic acids is 4. The maximum atomic E-state index is 13.8. The predicted octanol–water partition coefficient (Wildman–Crippen LogP) is 4.01. The molecule has 0 aliphatic heterocycles. The van der Waals surface area contributed by atoms with Gasteiger partial charge in [-0.2, -0.15) is 0 Å². The van der Waals surface area contributed by atoms with E-state index in [1.54, 1.807) is 46.1 Å². The Bertz CT molecular complexity index is 1970. The van der Waals surface area contributed by atoms with Crippen LogP contribution >= 0.6 is 11.3 Å². The number of rotatable bonds is 19. The number of ketones is 1. The number of urea groups is 1. The number of aryl methyl sites for hydroxylation is 1. The lowest BCUT2D eigenvalue weighted by Crippen LogP contribution is -2.58. The number of hydrogen-bond donors (Lipinski definition) is 6.